The standard InChI is InChI=1S/C21H22FN5O2S/c1-14(2)24-18(28)12-23-19(29)13-30-21-26-25-20(15-8-10-16(22)11-9-15)27(21)17-6-4-3-5-7-17/h3-11,14H,12-13H2,1-2H3,(H,23,29)(H,24,28). The lowest BCUT2D eigenvalue weighted by Gasteiger charge is -2.11. The molecular weight excluding hydrogens is 405 g/mol. The molecule has 0 radical (unpaired) electrons. The number of carbonyl (C=O) groups is 2. The van der Waals surface area contributed by atoms with Crippen LogP contribution in [0.5, 0.6) is 0 Å². The van der Waals surface area contributed by atoms with Crippen LogP contribution in [-0.2, 0) is 9.59 Å². The van der Waals surface area contributed by atoms with E-state index in [1.54, 1.807) is 12.1 Å². The minimum atomic E-state index is -0.336. The van der Waals surface area contributed by atoms with Crippen LogP contribution in [-0.4, -0.2) is 44.9 Å². The highest BCUT2D eigenvalue weighted by atomic mass is 32.2. The third-order valence-electron chi connectivity index (χ3n) is 3.98. The third-order valence-corrected chi connectivity index (χ3v) is 4.91. The van der Waals surface area contributed by atoms with E-state index in [-0.39, 0.29) is 36.0 Å². The summed E-state index contributed by atoms with van der Waals surface area (Å²) in [6.07, 6.45) is 0. The topological polar surface area (TPSA) is 88.9 Å². The molecule has 2 amide bonds. The molecule has 30 heavy (non-hydrogen) atoms. The molecule has 0 bridgehead atoms. The Morgan fingerprint density at radius 2 is 1.73 bits per heavy atom. The summed E-state index contributed by atoms with van der Waals surface area (Å²) in [5, 5.41) is 14.3. The highest BCUT2D eigenvalue weighted by Gasteiger charge is 2.17. The van der Waals surface area contributed by atoms with Crippen LogP contribution in [0, 0.1) is 5.82 Å². The smallest absolute Gasteiger partial charge is 0.239 e. The molecule has 3 rings (SSSR count). The van der Waals surface area contributed by atoms with Crippen LogP contribution in [0.25, 0.3) is 17.1 Å². The summed E-state index contributed by atoms with van der Waals surface area (Å²) in [4.78, 5) is 23.8. The molecule has 0 saturated heterocycles. The van der Waals surface area contributed by atoms with E-state index >= 15 is 0 Å². The zero-order chi connectivity index (χ0) is 21.5. The second kappa shape index (κ2) is 10.0. The molecule has 0 spiro atoms. The molecule has 0 atom stereocenters. The van der Waals surface area contributed by atoms with E-state index in [4.69, 9.17) is 0 Å². The predicted octanol–water partition coefficient (Wildman–Crippen LogP) is 2.81. The summed E-state index contributed by atoms with van der Waals surface area (Å²) < 4.78 is 15.1. The number of hydrogen-bond acceptors (Lipinski definition) is 5. The Kier molecular flexibility index (Phi) is 7.18. The third kappa shape index (κ3) is 5.66. The first-order valence-electron chi connectivity index (χ1n) is 9.39. The van der Waals surface area contributed by atoms with Crippen molar-refractivity contribution in [2.75, 3.05) is 12.3 Å². The van der Waals surface area contributed by atoms with Gasteiger partial charge in [-0.2, -0.15) is 0 Å². The van der Waals surface area contributed by atoms with Gasteiger partial charge in [0, 0.05) is 17.3 Å². The van der Waals surface area contributed by atoms with Crippen LogP contribution < -0.4 is 10.6 Å². The van der Waals surface area contributed by atoms with Crippen molar-refractivity contribution in [3.63, 3.8) is 0 Å². The maximum absolute atomic E-state index is 13.3. The lowest BCUT2D eigenvalue weighted by molar-refractivity contribution is -0.125. The van der Waals surface area contributed by atoms with Crippen molar-refractivity contribution in [3.05, 3.63) is 60.4 Å². The van der Waals surface area contributed by atoms with Gasteiger partial charge in [-0.05, 0) is 50.2 Å². The highest BCUT2D eigenvalue weighted by Crippen LogP contribution is 2.27. The Bertz CT molecular complexity index is 1010. The molecule has 0 aliphatic rings. The molecule has 2 aromatic carbocycles. The largest absolute Gasteiger partial charge is 0.352 e. The number of rotatable bonds is 8. The van der Waals surface area contributed by atoms with Gasteiger partial charge >= 0.3 is 0 Å². The normalized spacial score (nSPS) is 10.8. The minimum absolute atomic E-state index is 0.0121. The number of carbonyl (C=O) groups excluding carboxylic acids is 2. The molecule has 1 heterocycles. The molecule has 0 aliphatic carbocycles. The Labute approximate surface area is 178 Å². The average molecular weight is 428 g/mol. The fourth-order valence-corrected chi connectivity index (χ4v) is 3.47. The minimum Gasteiger partial charge on any atom is -0.352 e. The van der Waals surface area contributed by atoms with E-state index in [1.165, 1.54) is 23.9 Å². The second-order valence-corrected chi connectivity index (χ2v) is 7.71. The van der Waals surface area contributed by atoms with E-state index in [2.05, 4.69) is 20.8 Å². The number of nitrogens with zero attached hydrogens (tertiary/aromatic N) is 3. The lowest BCUT2D eigenvalue weighted by Crippen LogP contribution is -2.40. The second-order valence-electron chi connectivity index (χ2n) is 6.77. The fraction of sp³-hybridized carbons (Fsp3) is 0.238. The van der Waals surface area contributed by atoms with Crippen molar-refractivity contribution >= 4 is 23.6 Å². The van der Waals surface area contributed by atoms with Crippen molar-refractivity contribution < 1.29 is 14.0 Å². The molecule has 2 N–H and O–H groups in total. The Morgan fingerprint density at radius 3 is 2.40 bits per heavy atom. The van der Waals surface area contributed by atoms with Gasteiger partial charge in [0.2, 0.25) is 11.8 Å². The molecular formula is C21H22FN5O2S. The van der Waals surface area contributed by atoms with Crippen molar-refractivity contribution in [2.24, 2.45) is 0 Å². The van der Waals surface area contributed by atoms with Crippen LogP contribution in [0.4, 0.5) is 4.39 Å². The van der Waals surface area contributed by atoms with Gasteiger partial charge in [0.25, 0.3) is 0 Å². The Morgan fingerprint density at radius 1 is 1.03 bits per heavy atom. The summed E-state index contributed by atoms with van der Waals surface area (Å²) in [7, 11) is 0. The molecule has 7 nitrogen and oxygen atoms in total. The van der Waals surface area contributed by atoms with Gasteiger partial charge in [-0.3, -0.25) is 14.2 Å². The van der Waals surface area contributed by atoms with E-state index in [0.717, 1.165) is 5.69 Å². The van der Waals surface area contributed by atoms with Crippen molar-refractivity contribution in [2.45, 2.75) is 25.0 Å². The zero-order valence-electron chi connectivity index (χ0n) is 16.6. The van der Waals surface area contributed by atoms with Crippen molar-refractivity contribution in [1.29, 1.82) is 0 Å². The van der Waals surface area contributed by atoms with Gasteiger partial charge < -0.3 is 10.6 Å². The highest BCUT2D eigenvalue weighted by molar-refractivity contribution is 7.99. The first-order chi connectivity index (χ1) is 14.4. The van der Waals surface area contributed by atoms with Crippen molar-refractivity contribution in [3.8, 4) is 17.1 Å². The summed E-state index contributed by atoms with van der Waals surface area (Å²) >= 11 is 1.21. The quantitative estimate of drug-likeness (QED) is 0.540. The first kappa shape index (κ1) is 21.5. The van der Waals surface area contributed by atoms with Crippen LogP contribution in [0.2, 0.25) is 0 Å². The zero-order valence-corrected chi connectivity index (χ0v) is 17.4. The van der Waals surface area contributed by atoms with Crippen LogP contribution in [0.1, 0.15) is 13.8 Å². The summed E-state index contributed by atoms with van der Waals surface area (Å²) in [5.74, 6) is -0.249. The van der Waals surface area contributed by atoms with E-state index in [1.807, 2.05) is 48.7 Å². The van der Waals surface area contributed by atoms with Gasteiger partial charge in [-0.1, -0.05) is 30.0 Å². The number of nitrogens with one attached hydrogen (secondary N) is 2. The maximum atomic E-state index is 13.3. The molecule has 0 unspecified atom stereocenters. The van der Waals surface area contributed by atoms with Gasteiger partial charge in [-0.15, -0.1) is 10.2 Å². The lowest BCUT2D eigenvalue weighted by atomic mass is 10.2. The molecule has 0 fully saturated rings. The van der Waals surface area contributed by atoms with E-state index in [0.29, 0.717) is 16.5 Å². The monoisotopic (exact) mass is 427 g/mol. The van der Waals surface area contributed by atoms with Gasteiger partial charge in [0.15, 0.2) is 11.0 Å². The summed E-state index contributed by atoms with van der Waals surface area (Å²) in [5.41, 5.74) is 1.52. The predicted molar refractivity (Wildman–Crippen MR) is 114 cm³/mol. The summed E-state index contributed by atoms with van der Waals surface area (Å²) in [6, 6.07) is 15.5. The number of halogens is 1. The molecule has 9 heteroatoms. The molecule has 3 aromatic rings. The van der Waals surface area contributed by atoms with E-state index in [9.17, 15) is 14.0 Å². The van der Waals surface area contributed by atoms with Gasteiger partial charge in [0.05, 0.1) is 12.3 Å². The van der Waals surface area contributed by atoms with Crippen LogP contribution in [0.3, 0.4) is 0 Å². The number of hydrogen-bond donors (Lipinski definition) is 2. The van der Waals surface area contributed by atoms with Crippen LogP contribution >= 0.6 is 11.8 Å². The molecule has 156 valence electrons. The number of para-hydroxylation sites is 1. The average Bonchev–Trinajstić information content (AvgIpc) is 3.15. The summed E-state index contributed by atoms with van der Waals surface area (Å²) in [6.45, 7) is 3.62. The Balaban J connectivity index is 1.76. The SMILES string of the molecule is CC(C)NC(=O)CNC(=O)CSc1nnc(-c2ccc(F)cc2)n1-c1ccccc1. The maximum Gasteiger partial charge on any atom is 0.239 e. The molecule has 0 aliphatic heterocycles. The molecule has 0 saturated carbocycles. The fourth-order valence-electron chi connectivity index (χ4n) is 2.69. The first-order valence-corrected chi connectivity index (χ1v) is 10.4. The van der Waals surface area contributed by atoms with Crippen molar-refractivity contribution in [1.82, 2.24) is 25.4 Å². The Hall–Kier alpha value is -3.20. The van der Waals surface area contributed by atoms with Crippen LogP contribution in [0.15, 0.2) is 59.8 Å². The van der Waals surface area contributed by atoms with Gasteiger partial charge in [0.1, 0.15) is 5.82 Å². The number of benzene rings is 2. The number of thioether (sulfide) groups is 1. The van der Waals surface area contributed by atoms with Gasteiger partial charge in [-0.25, -0.2) is 4.39 Å². The number of amides is 2. The number of aromatic nitrogens is 3. The molecule has 1 aromatic heterocycles. The van der Waals surface area contributed by atoms with E-state index < -0.39 is 0 Å².